The van der Waals surface area contributed by atoms with Gasteiger partial charge >= 0.3 is 12.1 Å². The molecule has 0 aliphatic heterocycles. The van der Waals surface area contributed by atoms with Crippen LogP contribution in [0.5, 0.6) is 0 Å². The molecule has 0 radical (unpaired) electrons. The summed E-state index contributed by atoms with van der Waals surface area (Å²) in [4.78, 5) is 24.8. The molecule has 9 heteroatoms. The highest BCUT2D eigenvalue weighted by atomic mass is 32.2. The minimum absolute atomic E-state index is 0.225. The Bertz CT molecular complexity index is 986. The van der Waals surface area contributed by atoms with Crippen molar-refractivity contribution in [1.29, 1.82) is 0 Å². The molecule has 174 valence electrons. The fourth-order valence-electron chi connectivity index (χ4n) is 2.85. The Morgan fingerprint density at radius 1 is 0.969 bits per heavy atom. The number of amides is 1. The molecular formula is C23H29NO7S. The van der Waals surface area contributed by atoms with Crippen LogP contribution < -0.4 is 5.32 Å². The number of carbonyl (C=O) groups is 2. The Labute approximate surface area is 189 Å². The monoisotopic (exact) mass is 463 g/mol. The summed E-state index contributed by atoms with van der Waals surface area (Å²) >= 11 is 0. The number of hydrogen-bond donors (Lipinski definition) is 1. The van der Waals surface area contributed by atoms with Gasteiger partial charge in [0.1, 0.15) is 18.3 Å². The van der Waals surface area contributed by atoms with Crippen molar-refractivity contribution in [2.45, 2.75) is 44.9 Å². The molecule has 1 amide bonds. The van der Waals surface area contributed by atoms with Crippen LogP contribution in [0.1, 0.15) is 36.7 Å². The van der Waals surface area contributed by atoms with Crippen molar-refractivity contribution in [2.75, 3.05) is 12.9 Å². The van der Waals surface area contributed by atoms with E-state index in [0.29, 0.717) is 5.56 Å². The van der Waals surface area contributed by atoms with Gasteiger partial charge in [-0.15, -0.1) is 0 Å². The number of hydrogen-bond acceptors (Lipinski definition) is 7. The Hall–Kier alpha value is -2.91. The van der Waals surface area contributed by atoms with Crippen molar-refractivity contribution in [3.63, 3.8) is 0 Å². The molecule has 0 bridgehead atoms. The van der Waals surface area contributed by atoms with Crippen LogP contribution in [0.15, 0.2) is 60.7 Å². The average Bonchev–Trinajstić information content (AvgIpc) is 2.69. The first kappa shape index (κ1) is 25.4. The zero-order chi connectivity index (χ0) is 23.8. The number of alkyl carbamates (subject to hydrolysis) is 1. The van der Waals surface area contributed by atoms with Gasteiger partial charge in [0.15, 0.2) is 0 Å². The first-order valence-electron chi connectivity index (χ1n) is 10.1. The Morgan fingerprint density at radius 2 is 1.53 bits per heavy atom. The maximum atomic E-state index is 12.4. The van der Waals surface area contributed by atoms with Crippen LogP contribution in [0, 0.1) is 0 Å². The second kappa shape index (κ2) is 11.1. The van der Waals surface area contributed by atoms with E-state index < -0.39 is 46.5 Å². The maximum absolute atomic E-state index is 12.4. The molecule has 0 saturated heterocycles. The summed E-state index contributed by atoms with van der Waals surface area (Å²) in [5, 5.41) is 2.67. The molecule has 0 aromatic heterocycles. The molecule has 0 aliphatic carbocycles. The van der Waals surface area contributed by atoms with E-state index in [1.165, 1.54) is 0 Å². The molecule has 32 heavy (non-hydrogen) atoms. The van der Waals surface area contributed by atoms with Crippen LogP contribution in [0.2, 0.25) is 0 Å². The molecule has 0 heterocycles. The van der Waals surface area contributed by atoms with Gasteiger partial charge in [-0.2, -0.15) is 8.42 Å². The van der Waals surface area contributed by atoms with Crippen molar-refractivity contribution in [2.24, 2.45) is 0 Å². The molecule has 2 atom stereocenters. The standard InChI is InChI=1S/C23H29NO7S/c1-23(2,3)30-22(26)24-19(15-17-11-7-5-8-12-17)20(31-32(4,27)28)16-29-21(25)18-13-9-6-10-14-18/h5-14,19-20H,15-16H2,1-4H3,(H,24,26)/t19-,20+/m0/s1. The summed E-state index contributed by atoms with van der Waals surface area (Å²) in [6.45, 7) is 4.74. The molecule has 2 aromatic rings. The third kappa shape index (κ3) is 9.49. The summed E-state index contributed by atoms with van der Waals surface area (Å²) in [6.07, 6.45) is -0.796. The number of carbonyl (C=O) groups excluding carboxylic acids is 2. The number of esters is 1. The smallest absolute Gasteiger partial charge is 0.407 e. The van der Waals surface area contributed by atoms with Crippen LogP contribution >= 0.6 is 0 Å². The Kier molecular flexibility index (Phi) is 8.80. The lowest BCUT2D eigenvalue weighted by molar-refractivity contribution is 0.0197. The van der Waals surface area contributed by atoms with Crippen molar-refractivity contribution in [1.82, 2.24) is 5.32 Å². The van der Waals surface area contributed by atoms with E-state index in [4.69, 9.17) is 13.7 Å². The van der Waals surface area contributed by atoms with E-state index >= 15 is 0 Å². The molecule has 2 aromatic carbocycles. The second-order valence-electron chi connectivity index (χ2n) is 8.25. The van der Waals surface area contributed by atoms with Gasteiger partial charge in [0.25, 0.3) is 10.1 Å². The van der Waals surface area contributed by atoms with Crippen molar-refractivity contribution >= 4 is 22.2 Å². The van der Waals surface area contributed by atoms with Gasteiger partial charge in [-0.1, -0.05) is 48.5 Å². The topological polar surface area (TPSA) is 108 Å². The molecule has 2 rings (SSSR count). The quantitative estimate of drug-likeness (QED) is 0.449. The summed E-state index contributed by atoms with van der Waals surface area (Å²) in [6, 6.07) is 16.6. The number of ether oxygens (including phenoxy) is 2. The largest absolute Gasteiger partial charge is 0.459 e. The van der Waals surface area contributed by atoms with Gasteiger partial charge in [-0.05, 0) is 44.9 Å². The minimum atomic E-state index is -3.93. The van der Waals surface area contributed by atoms with Gasteiger partial charge in [-0.3, -0.25) is 4.18 Å². The summed E-state index contributed by atoms with van der Waals surface area (Å²) in [5.74, 6) is -0.636. The average molecular weight is 464 g/mol. The van der Waals surface area contributed by atoms with Crippen molar-refractivity contribution in [3.05, 3.63) is 71.8 Å². The molecule has 0 saturated carbocycles. The summed E-state index contributed by atoms with van der Waals surface area (Å²) < 4.78 is 39.7. The number of rotatable bonds is 9. The van der Waals surface area contributed by atoms with Crippen LogP contribution in [-0.4, -0.2) is 51.1 Å². The fraction of sp³-hybridized carbons (Fsp3) is 0.391. The first-order valence-corrected chi connectivity index (χ1v) is 11.9. The fourth-order valence-corrected chi connectivity index (χ4v) is 3.49. The van der Waals surface area contributed by atoms with E-state index in [0.717, 1.165) is 11.8 Å². The SMILES string of the molecule is CC(C)(C)OC(=O)N[C@@H](Cc1ccccc1)[C@@H](COC(=O)c1ccccc1)OS(C)(=O)=O. The summed E-state index contributed by atoms with van der Waals surface area (Å²) in [5.41, 5.74) is 0.379. The maximum Gasteiger partial charge on any atom is 0.407 e. The Balaban J connectivity index is 2.25. The van der Waals surface area contributed by atoms with Gasteiger partial charge in [0.2, 0.25) is 0 Å². The van der Waals surface area contributed by atoms with Crippen LogP contribution in [0.25, 0.3) is 0 Å². The summed E-state index contributed by atoms with van der Waals surface area (Å²) in [7, 11) is -3.93. The molecular weight excluding hydrogens is 434 g/mol. The van der Waals surface area contributed by atoms with E-state index in [-0.39, 0.29) is 6.42 Å². The van der Waals surface area contributed by atoms with E-state index in [1.807, 2.05) is 30.3 Å². The van der Waals surface area contributed by atoms with Gasteiger partial charge in [-0.25, -0.2) is 9.59 Å². The second-order valence-corrected chi connectivity index (χ2v) is 9.85. The predicted octanol–water partition coefficient (Wildman–Crippen LogP) is 3.32. The molecule has 0 unspecified atom stereocenters. The van der Waals surface area contributed by atoms with Crippen LogP contribution in [0.4, 0.5) is 4.79 Å². The van der Waals surface area contributed by atoms with Gasteiger partial charge < -0.3 is 14.8 Å². The lowest BCUT2D eigenvalue weighted by Crippen LogP contribution is -2.50. The zero-order valence-corrected chi connectivity index (χ0v) is 19.4. The minimum Gasteiger partial charge on any atom is -0.459 e. The van der Waals surface area contributed by atoms with E-state index in [2.05, 4.69) is 5.32 Å². The number of benzene rings is 2. The normalized spacial score (nSPS) is 13.6. The highest BCUT2D eigenvalue weighted by molar-refractivity contribution is 7.86. The van der Waals surface area contributed by atoms with Crippen LogP contribution in [0.3, 0.4) is 0 Å². The molecule has 0 aliphatic rings. The molecule has 1 N–H and O–H groups in total. The lowest BCUT2D eigenvalue weighted by Gasteiger charge is -2.28. The highest BCUT2D eigenvalue weighted by Gasteiger charge is 2.31. The highest BCUT2D eigenvalue weighted by Crippen LogP contribution is 2.15. The first-order chi connectivity index (χ1) is 14.9. The Morgan fingerprint density at radius 3 is 2.06 bits per heavy atom. The zero-order valence-electron chi connectivity index (χ0n) is 18.6. The van der Waals surface area contributed by atoms with Crippen LogP contribution in [-0.2, 0) is 30.2 Å². The number of nitrogens with one attached hydrogen (secondary N) is 1. The third-order valence-electron chi connectivity index (χ3n) is 4.14. The van der Waals surface area contributed by atoms with E-state index in [9.17, 15) is 18.0 Å². The predicted molar refractivity (Wildman–Crippen MR) is 120 cm³/mol. The molecule has 0 fully saturated rings. The molecule has 0 spiro atoms. The van der Waals surface area contributed by atoms with Gasteiger partial charge in [0, 0.05) is 0 Å². The lowest BCUT2D eigenvalue weighted by atomic mass is 10.0. The third-order valence-corrected chi connectivity index (χ3v) is 4.73. The van der Waals surface area contributed by atoms with E-state index in [1.54, 1.807) is 51.1 Å². The van der Waals surface area contributed by atoms with Crippen molar-refractivity contribution in [3.8, 4) is 0 Å². The molecule has 8 nitrogen and oxygen atoms in total. The van der Waals surface area contributed by atoms with Gasteiger partial charge in [0.05, 0.1) is 17.9 Å². The van der Waals surface area contributed by atoms with Crippen molar-refractivity contribution < 1.29 is 31.7 Å².